The lowest BCUT2D eigenvalue weighted by atomic mass is 10.2. The molecular formula is C43H27N7. The Morgan fingerprint density at radius 3 is 1.34 bits per heavy atom. The number of hydrogen-bond acceptors (Lipinski definition) is 5. The summed E-state index contributed by atoms with van der Waals surface area (Å²) in [5.41, 5.74) is 8.10. The fourth-order valence-electron chi connectivity index (χ4n) is 6.99. The second-order valence-corrected chi connectivity index (χ2v) is 12.2. The van der Waals surface area contributed by atoms with Crippen molar-refractivity contribution in [2.24, 2.45) is 0 Å². The van der Waals surface area contributed by atoms with Crippen LogP contribution in [0.3, 0.4) is 0 Å². The van der Waals surface area contributed by atoms with Crippen molar-refractivity contribution in [3.05, 3.63) is 164 Å². The van der Waals surface area contributed by atoms with Crippen molar-refractivity contribution in [3.63, 3.8) is 0 Å². The van der Waals surface area contributed by atoms with Crippen LogP contribution in [0, 0.1) is 0 Å². The van der Waals surface area contributed by atoms with Crippen molar-refractivity contribution in [3.8, 4) is 45.9 Å². The second kappa shape index (κ2) is 11.3. The Hall–Kier alpha value is -6.99. The van der Waals surface area contributed by atoms with Crippen LogP contribution in [0.4, 0.5) is 0 Å². The fourth-order valence-corrected chi connectivity index (χ4v) is 6.99. The molecule has 0 N–H and O–H groups in total. The highest BCUT2D eigenvalue weighted by atomic mass is 15.2. The molecule has 4 aromatic heterocycles. The van der Waals surface area contributed by atoms with Gasteiger partial charge in [0.2, 0.25) is 5.95 Å². The molecule has 0 aliphatic carbocycles. The lowest BCUT2D eigenvalue weighted by Crippen LogP contribution is -2.07. The molecule has 7 nitrogen and oxygen atoms in total. The summed E-state index contributed by atoms with van der Waals surface area (Å²) in [6, 6.07) is 55.6. The van der Waals surface area contributed by atoms with E-state index in [0.717, 1.165) is 60.6 Å². The van der Waals surface area contributed by atoms with Crippen LogP contribution in [0.25, 0.3) is 89.7 Å². The predicted octanol–water partition coefficient (Wildman–Crippen LogP) is 9.86. The van der Waals surface area contributed by atoms with Gasteiger partial charge in [0.15, 0.2) is 17.5 Å². The average molecular weight is 642 g/mol. The topological polar surface area (TPSA) is 74.3 Å². The van der Waals surface area contributed by atoms with E-state index in [1.165, 1.54) is 0 Å². The number of rotatable bonds is 5. The van der Waals surface area contributed by atoms with E-state index in [0.29, 0.717) is 29.1 Å². The van der Waals surface area contributed by atoms with Gasteiger partial charge in [0.25, 0.3) is 0 Å². The Morgan fingerprint density at radius 1 is 0.340 bits per heavy atom. The molecular weight excluding hydrogens is 615 g/mol. The Labute approximate surface area is 286 Å². The van der Waals surface area contributed by atoms with Crippen LogP contribution in [0.2, 0.25) is 0 Å². The standard InChI is InChI=1S/C43H27N7/c1-4-16-28(17-5-1)40-46-41(29-18-6-2-7-19-29)48-42(47-40)38-39-37(33-24-12-15-27-36(33)49(39)30-20-8-3-9-21-30)44-43(45-38)50-34-25-13-10-22-31(34)32-23-11-14-26-35(32)50/h1-27H. The summed E-state index contributed by atoms with van der Waals surface area (Å²) in [6.45, 7) is 0. The maximum atomic E-state index is 5.44. The lowest BCUT2D eigenvalue weighted by Gasteiger charge is -2.14. The summed E-state index contributed by atoms with van der Waals surface area (Å²) in [5, 5.41) is 3.29. The summed E-state index contributed by atoms with van der Waals surface area (Å²) < 4.78 is 4.38. The molecule has 0 bridgehead atoms. The summed E-state index contributed by atoms with van der Waals surface area (Å²) in [5.74, 6) is 2.15. The van der Waals surface area contributed by atoms with Gasteiger partial charge < -0.3 is 4.57 Å². The molecule has 6 aromatic carbocycles. The molecule has 7 heteroatoms. The number of nitrogens with zero attached hydrogens (tertiary/aromatic N) is 7. The van der Waals surface area contributed by atoms with Crippen molar-refractivity contribution >= 4 is 43.7 Å². The third-order valence-electron chi connectivity index (χ3n) is 9.20. The molecule has 0 spiro atoms. The van der Waals surface area contributed by atoms with E-state index in [1.807, 2.05) is 78.9 Å². The van der Waals surface area contributed by atoms with Gasteiger partial charge >= 0.3 is 0 Å². The molecule has 10 rings (SSSR count). The van der Waals surface area contributed by atoms with E-state index in [-0.39, 0.29) is 0 Å². The van der Waals surface area contributed by atoms with Gasteiger partial charge in [-0.3, -0.25) is 4.57 Å². The largest absolute Gasteiger partial charge is 0.306 e. The smallest absolute Gasteiger partial charge is 0.236 e. The molecule has 0 unspecified atom stereocenters. The summed E-state index contributed by atoms with van der Waals surface area (Å²) >= 11 is 0. The average Bonchev–Trinajstić information content (AvgIpc) is 3.71. The minimum Gasteiger partial charge on any atom is -0.306 e. The zero-order valence-electron chi connectivity index (χ0n) is 26.7. The first kappa shape index (κ1) is 28.1. The second-order valence-electron chi connectivity index (χ2n) is 12.2. The van der Waals surface area contributed by atoms with Crippen LogP contribution < -0.4 is 0 Å². The van der Waals surface area contributed by atoms with Gasteiger partial charge in [0.05, 0.1) is 16.6 Å². The number of hydrogen-bond donors (Lipinski definition) is 0. The van der Waals surface area contributed by atoms with Crippen molar-refractivity contribution < 1.29 is 0 Å². The Kier molecular flexibility index (Phi) is 6.35. The molecule has 0 atom stereocenters. The van der Waals surface area contributed by atoms with Crippen LogP contribution >= 0.6 is 0 Å². The van der Waals surface area contributed by atoms with E-state index in [2.05, 4.69) is 94.1 Å². The van der Waals surface area contributed by atoms with Crippen LogP contribution in [0.1, 0.15) is 0 Å². The Morgan fingerprint density at radius 2 is 0.780 bits per heavy atom. The normalized spacial score (nSPS) is 11.6. The van der Waals surface area contributed by atoms with Crippen molar-refractivity contribution in [2.75, 3.05) is 0 Å². The van der Waals surface area contributed by atoms with Crippen LogP contribution in [-0.4, -0.2) is 34.1 Å². The maximum absolute atomic E-state index is 5.44. The lowest BCUT2D eigenvalue weighted by molar-refractivity contribution is 0.989. The van der Waals surface area contributed by atoms with Gasteiger partial charge in [-0.2, -0.15) is 0 Å². The SMILES string of the molecule is c1ccc(-c2nc(-c3ccccc3)nc(-c3nc(-n4c5ccccc5c5ccccc54)nc4c5ccccc5n(-c5ccccc5)c34)n2)cc1. The number of para-hydroxylation sites is 4. The molecule has 234 valence electrons. The maximum Gasteiger partial charge on any atom is 0.236 e. The minimum absolute atomic E-state index is 0.465. The third kappa shape index (κ3) is 4.41. The van der Waals surface area contributed by atoms with Crippen LogP contribution in [-0.2, 0) is 0 Å². The monoisotopic (exact) mass is 641 g/mol. The molecule has 0 aliphatic heterocycles. The zero-order valence-corrected chi connectivity index (χ0v) is 26.7. The summed E-state index contributed by atoms with van der Waals surface area (Å²) in [7, 11) is 0. The van der Waals surface area contributed by atoms with Crippen molar-refractivity contribution in [1.29, 1.82) is 0 Å². The predicted molar refractivity (Wildman–Crippen MR) is 200 cm³/mol. The molecule has 0 saturated heterocycles. The highest BCUT2D eigenvalue weighted by Crippen LogP contribution is 2.38. The van der Waals surface area contributed by atoms with E-state index < -0.39 is 0 Å². The molecule has 10 aromatic rings. The molecule has 50 heavy (non-hydrogen) atoms. The number of benzene rings is 6. The molecule has 0 saturated carbocycles. The van der Waals surface area contributed by atoms with Crippen molar-refractivity contribution in [2.45, 2.75) is 0 Å². The fraction of sp³-hybridized carbons (Fsp3) is 0. The molecule has 4 heterocycles. The molecule has 0 fully saturated rings. The van der Waals surface area contributed by atoms with Gasteiger partial charge in [0.1, 0.15) is 16.7 Å². The van der Waals surface area contributed by atoms with E-state index in [1.54, 1.807) is 0 Å². The summed E-state index contributed by atoms with van der Waals surface area (Å²) in [6.07, 6.45) is 0. The Balaban J connectivity index is 1.38. The molecule has 0 radical (unpaired) electrons. The number of fused-ring (bicyclic) bond motifs is 6. The number of aromatic nitrogens is 7. The summed E-state index contributed by atoms with van der Waals surface area (Å²) in [4.78, 5) is 26.2. The van der Waals surface area contributed by atoms with Crippen molar-refractivity contribution in [1.82, 2.24) is 34.1 Å². The highest BCUT2D eigenvalue weighted by molar-refractivity contribution is 6.12. The van der Waals surface area contributed by atoms with Gasteiger partial charge in [-0.1, -0.05) is 133 Å². The molecule has 0 amide bonds. The first-order valence-electron chi connectivity index (χ1n) is 16.5. The molecule has 0 aliphatic rings. The van der Waals surface area contributed by atoms with Gasteiger partial charge in [-0.15, -0.1) is 0 Å². The van der Waals surface area contributed by atoms with Crippen LogP contribution in [0.15, 0.2) is 164 Å². The third-order valence-corrected chi connectivity index (χ3v) is 9.20. The first-order chi connectivity index (χ1) is 24.8. The van der Waals surface area contributed by atoms with Gasteiger partial charge in [-0.05, 0) is 30.3 Å². The van der Waals surface area contributed by atoms with Gasteiger partial charge in [0, 0.05) is 33.0 Å². The van der Waals surface area contributed by atoms with Crippen LogP contribution in [0.5, 0.6) is 0 Å². The minimum atomic E-state index is 0.465. The van der Waals surface area contributed by atoms with E-state index in [4.69, 9.17) is 24.9 Å². The quantitative estimate of drug-likeness (QED) is 0.187. The zero-order chi connectivity index (χ0) is 33.0. The first-order valence-corrected chi connectivity index (χ1v) is 16.5. The Bertz CT molecular complexity index is 2750. The van der Waals surface area contributed by atoms with Gasteiger partial charge in [-0.25, -0.2) is 24.9 Å². The van der Waals surface area contributed by atoms with E-state index in [9.17, 15) is 0 Å². The van der Waals surface area contributed by atoms with E-state index >= 15 is 0 Å². The highest BCUT2D eigenvalue weighted by Gasteiger charge is 2.25.